The number of nitrogens with two attached hydrogens (primary N) is 1. The van der Waals surface area contributed by atoms with Gasteiger partial charge in [-0.1, -0.05) is 0 Å². The topological polar surface area (TPSA) is 122 Å². The summed E-state index contributed by atoms with van der Waals surface area (Å²) in [6.45, 7) is 2.59. The monoisotopic (exact) mass is 243 g/mol. The van der Waals surface area contributed by atoms with E-state index in [1.165, 1.54) is 0 Å². The van der Waals surface area contributed by atoms with Crippen molar-refractivity contribution in [1.29, 1.82) is 0 Å². The zero-order chi connectivity index (χ0) is 13.0. The third kappa shape index (κ3) is 3.70. The molecule has 3 atom stereocenters. The number of hydrogen-bond donors (Lipinski definition) is 4. The smallest absolute Gasteiger partial charge is 0.326 e. The van der Waals surface area contributed by atoms with Crippen LogP contribution in [-0.2, 0) is 14.4 Å². The molecule has 1 rings (SSSR count). The first kappa shape index (κ1) is 13.4. The molecule has 0 aromatic heterocycles. The second-order valence-electron chi connectivity index (χ2n) is 4.21. The van der Waals surface area contributed by atoms with E-state index < -0.39 is 24.3 Å². The summed E-state index contributed by atoms with van der Waals surface area (Å²) in [6.07, 6.45) is 0.269. The van der Waals surface area contributed by atoms with Crippen LogP contribution in [0.15, 0.2) is 0 Å². The molecular formula is C10H17N3O4. The maximum Gasteiger partial charge on any atom is 0.326 e. The van der Waals surface area contributed by atoms with E-state index >= 15 is 0 Å². The van der Waals surface area contributed by atoms with Gasteiger partial charge in [-0.3, -0.25) is 9.59 Å². The van der Waals surface area contributed by atoms with Gasteiger partial charge in [-0.25, -0.2) is 4.79 Å². The summed E-state index contributed by atoms with van der Waals surface area (Å²) in [4.78, 5) is 33.3. The van der Waals surface area contributed by atoms with Gasteiger partial charge in [-0.2, -0.15) is 0 Å². The van der Waals surface area contributed by atoms with Crippen molar-refractivity contribution < 1.29 is 19.5 Å². The van der Waals surface area contributed by atoms with Gasteiger partial charge in [0, 0.05) is 6.04 Å². The molecule has 5 N–H and O–H groups in total. The van der Waals surface area contributed by atoms with E-state index in [4.69, 9.17) is 10.8 Å². The Kier molecular flexibility index (Phi) is 4.45. The first-order valence-corrected chi connectivity index (χ1v) is 5.46. The van der Waals surface area contributed by atoms with Crippen LogP contribution in [0.1, 0.15) is 19.8 Å². The molecule has 1 aliphatic heterocycles. The second-order valence-corrected chi connectivity index (χ2v) is 4.21. The Bertz CT molecular complexity index is 332. The molecule has 0 spiro atoms. The van der Waals surface area contributed by atoms with Crippen LogP contribution < -0.4 is 16.4 Å². The molecule has 0 bridgehead atoms. The lowest BCUT2D eigenvalue weighted by Gasteiger charge is -2.18. The lowest BCUT2D eigenvalue weighted by molar-refractivity contribution is -0.144. The van der Waals surface area contributed by atoms with Gasteiger partial charge < -0.3 is 21.5 Å². The number of rotatable bonds is 5. The predicted molar refractivity (Wildman–Crippen MR) is 58.9 cm³/mol. The van der Waals surface area contributed by atoms with E-state index in [2.05, 4.69) is 10.6 Å². The standard InChI is InChI=1S/C10H17N3O4/c1-5-6(2-3-12-5)9(15)13-7(10(16)17)4-8(11)14/h5-7,12H,2-4H2,1H3,(H2,11,14)(H,13,15)(H,16,17). The summed E-state index contributed by atoms with van der Waals surface area (Å²) in [7, 11) is 0. The molecule has 0 radical (unpaired) electrons. The van der Waals surface area contributed by atoms with Crippen molar-refractivity contribution in [3.8, 4) is 0 Å². The molecule has 2 amide bonds. The number of nitrogens with one attached hydrogen (secondary N) is 2. The molecule has 0 saturated carbocycles. The minimum absolute atomic E-state index is 0.0121. The Labute approximate surface area is 98.7 Å². The van der Waals surface area contributed by atoms with Crippen molar-refractivity contribution in [2.24, 2.45) is 11.7 Å². The highest BCUT2D eigenvalue weighted by Gasteiger charge is 2.32. The molecule has 96 valence electrons. The predicted octanol–water partition coefficient (Wildman–Crippen LogP) is -1.57. The first-order valence-electron chi connectivity index (χ1n) is 5.46. The van der Waals surface area contributed by atoms with E-state index in [1.807, 2.05) is 6.92 Å². The molecule has 1 heterocycles. The van der Waals surface area contributed by atoms with Crippen LogP contribution in [0.3, 0.4) is 0 Å². The Balaban J connectivity index is 2.57. The minimum atomic E-state index is -1.25. The van der Waals surface area contributed by atoms with Gasteiger partial charge in [0.1, 0.15) is 6.04 Å². The van der Waals surface area contributed by atoms with Gasteiger partial charge >= 0.3 is 5.97 Å². The quantitative estimate of drug-likeness (QED) is 0.464. The van der Waals surface area contributed by atoms with Crippen LogP contribution in [0.2, 0.25) is 0 Å². The fourth-order valence-electron chi connectivity index (χ4n) is 1.90. The average Bonchev–Trinajstić information content (AvgIpc) is 2.62. The molecule has 0 aromatic carbocycles. The number of primary amides is 1. The summed E-state index contributed by atoms with van der Waals surface area (Å²) in [5.41, 5.74) is 4.92. The number of carbonyl (C=O) groups is 3. The third-order valence-corrected chi connectivity index (χ3v) is 2.88. The highest BCUT2D eigenvalue weighted by Crippen LogP contribution is 2.15. The normalized spacial score (nSPS) is 25.2. The van der Waals surface area contributed by atoms with E-state index in [-0.39, 0.29) is 17.9 Å². The number of carboxylic acids is 1. The van der Waals surface area contributed by atoms with Crippen molar-refractivity contribution in [3.63, 3.8) is 0 Å². The molecule has 3 unspecified atom stereocenters. The average molecular weight is 243 g/mol. The summed E-state index contributed by atoms with van der Waals surface area (Å²) in [5.74, 6) is -2.62. The zero-order valence-corrected chi connectivity index (χ0v) is 9.60. The molecule has 1 saturated heterocycles. The number of carbonyl (C=O) groups excluding carboxylic acids is 2. The number of hydrogen-bond acceptors (Lipinski definition) is 4. The lowest BCUT2D eigenvalue weighted by atomic mass is 10.0. The van der Waals surface area contributed by atoms with Crippen molar-refractivity contribution in [2.45, 2.75) is 31.8 Å². The minimum Gasteiger partial charge on any atom is -0.480 e. The molecule has 7 heteroatoms. The van der Waals surface area contributed by atoms with Crippen molar-refractivity contribution >= 4 is 17.8 Å². The maximum absolute atomic E-state index is 11.8. The maximum atomic E-state index is 11.8. The Morgan fingerprint density at radius 1 is 1.53 bits per heavy atom. The van der Waals surface area contributed by atoms with Crippen molar-refractivity contribution in [3.05, 3.63) is 0 Å². The molecule has 0 aliphatic carbocycles. The van der Waals surface area contributed by atoms with Crippen molar-refractivity contribution in [1.82, 2.24) is 10.6 Å². The zero-order valence-electron chi connectivity index (χ0n) is 9.60. The van der Waals surface area contributed by atoms with Crippen LogP contribution in [0.4, 0.5) is 0 Å². The fraction of sp³-hybridized carbons (Fsp3) is 0.700. The lowest BCUT2D eigenvalue weighted by Crippen LogP contribution is -2.47. The largest absolute Gasteiger partial charge is 0.480 e. The van der Waals surface area contributed by atoms with E-state index in [9.17, 15) is 14.4 Å². The Morgan fingerprint density at radius 2 is 2.18 bits per heavy atom. The summed E-state index contributed by atoms with van der Waals surface area (Å²) in [5, 5.41) is 14.3. The highest BCUT2D eigenvalue weighted by molar-refractivity contribution is 5.89. The van der Waals surface area contributed by atoms with E-state index in [0.717, 1.165) is 6.54 Å². The molecule has 1 aliphatic rings. The van der Waals surface area contributed by atoms with E-state index in [1.54, 1.807) is 0 Å². The van der Waals surface area contributed by atoms with Crippen LogP contribution in [0.5, 0.6) is 0 Å². The van der Waals surface area contributed by atoms with Crippen LogP contribution in [-0.4, -0.2) is 41.5 Å². The number of amides is 2. The summed E-state index contributed by atoms with van der Waals surface area (Å²) < 4.78 is 0. The molecule has 0 aromatic rings. The molecule has 7 nitrogen and oxygen atoms in total. The summed E-state index contributed by atoms with van der Waals surface area (Å²) in [6, 6.07) is -1.23. The van der Waals surface area contributed by atoms with Crippen LogP contribution in [0, 0.1) is 5.92 Å². The Morgan fingerprint density at radius 3 is 2.59 bits per heavy atom. The van der Waals surface area contributed by atoms with E-state index in [0.29, 0.717) is 6.42 Å². The number of aliphatic carboxylic acids is 1. The highest BCUT2D eigenvalue weighted by atomic mass is 16.4. The molecule has 1 fully saturated rings. The van der Waals surface area contributed by atoms with Gasteiger partial charge in [0.05, 0.1) is 12.3 Å². The van der Waals surface area contributed by atoms with Gasteiger partial charge in [0.25, 0.3) is 0 Å². The SMILES string of the molecule is CC1NCCC1C(=O)NC(CC(N)=O)C(=O)O. The third-order valence-electron chi connectivity index (χ3n) is 2.88. The van der Waals surface area contributed by atoms with Gasteiger partial charge in [-0.15, -0.1) is 0 Å². The van der Waals surface area contributed by atoms with Gasteiger partial charge in [-0.05, 0) is 19.9 Å². The van der Waals surface area contributed by atoms with Crippen molar-refractivity contribution in [2.75, 3.05) is 6.54 Å². The van der Waals surface area contributed by atoms with Gasteiger partial charge in [0.15, 0.2) is 0 Å². The fourth-order valence-corrected chi connectivity index (χ4v) is 1.90. The molecular weight excluding hydrogens is 226 g/mol. The summed E-state index contributed by atoms with van der Waals surface area (Å²) >= 11 is 0. The Hall–Kier alpha value is -1.63. The second kappa shape index (κ2) is 5.62. The molecule has 17 heavy (non-hydrogen) atoms. The van der Waals surface area contributed by atoms with Crippen LogP contribution >= 0.6 is 0 Å². The van der Waals surface area contributed by atoms with Gasteiger partial charge in [0.2, 0.25) is 11.8 Å². The number of carboxylic acid groups (broad SMARTS) is 1. The first-order chi connectivity index (χ1) is 7.91. The van der Waals surface area contributed by atoms with Crippen LogP contribution in [0.25, 0.3) is 0 Å².